The van der Waals surface area contributed by atoms with E-state index in [0.29, 0.717) is 47.0 Å². The molecule has 5 nitrogen and oxygen atoms in total. The Bertz CT molecular complexity index is 1380. The van der Waals surface area contributed by atoms with Gasteiger partial charge in [0, 0.05) is 5.69 Å². The van der Waals surface area contributed by atoms with E-state index in [1.165, 1.54) is 22.2 Å². The first-order valence-electron chi connectivity index (χ1n) is 10.8. The molecule has 3 aromatic rings. The molecule has 0 atom stereocenters. The Morgan fingerprint density at radius 3 is 2.44 bits per heavy atom. The highest BCUT2D eigenvalue weighted by molar-refractivity contribution is 8.27. The lowest BCUT2D eigenvalue weighted by Crippen LogP contribution is -2.27. The van der Waals surface area contributed by atoms with Gasteiger partial charge in [-0.05, 0) is 66.1 Å². The van der Waals surface area contributed by atoms with E-state index >= 15 is 0 Å². The van der Waals surface area contributed by atoms with E-state index in [4.69, 9.17) is 51.8 Å². The number of anilines is 2. The maximum absolute atomic E-state index is 13.0. The van der Waals surface area contributed by atoms with Crippen LogP contribution in [0.2, 0.25) is 15.1 Å². The molecule has 1 N–H and O–H groups in total. The van der Waals surface area contributed by atoms with Crippen LogP contribution >= 0.6 is 58.8 Å². The summed E-state index contributed by atoms with van der Waals surface area (Å²) in [5.41, 5.74) is 3.10. The number of thioether (sulfide) groups is 1. The highest BCUT2D eigenvalue weighted by atomic mass is 35.5. The van der Waals surface area contributed by atoms with Gasteiger partial charge < -0.3 is 10.1 Å². The average molecular weight is 578 g/mol. The van der Waals surface area contributed by atoms with Crippen LogP contribution in [0.1, 0.15) is 18.1 Å². The van der Waals surface area contributed by atoms with Crippen LogP contribution < -0.4 is 15.0 Å². The molecule has 1 aliphatic rings. The molecule has 2 amide bonds. The van der Waals surface area contributed by atoms with Gasteiger partial charge in [0.2, 0.25) is 0 Å². The van der Waals surface area contributed by atoms with Gasteiger partial charge in [0.1, 0.15) is 5.75 Å². The molecule has 3 aromatic carbocycles. The standard InChI is InChI=1S/C26H19Cl3N2O3S2/c1-2-15-3-6-17(7-4-15)30-24(32)14-34-22-10-5-16(11-21(22)29)12-23-25(33)31(26(35)36-23)18-8-9-19(27)20(28)13-18/h3-13H,2,14H2,1H3,(H,30,32)/b23-12-. The molecule has 10 heteroatoms. The van der Waals surface area contributed by atoms with E-state index in [1.54, 1.807) is 42.5 Å². The maximum Gasteiger partial charge on any atom is 0.270 e. The van der Waals surface area contributed by atoms with Crippen molar-refractivity contribution in [3.8, 4) is 5.75 Å². The Labute approximate surface area is 233 Å². The second kappa shape index (κ2) is 11.7. The van der Waals surface area contributed by atoms with E-state index in [2.05, 4.69) is 12.2 Å². The monoisotopic (exact) mass is 576 g/mol. The van der Waals surface area contributed by atoms with Crippen LogP contribution in [0.25, 0.3) is 6.08 Å². The predicted octanol–water partition coefficient (Wildman–Crippen LogP) is 7.63. The van der Waals surface area contributed by atoms with Crippen molar-refractivity contribution in [1.82, 2.24) is 0 Å². The van der Waals surface area contributed by atoms with Crippen LogP contribution in [-0.2, 0) is 16.0 Å². The zero-order valence-electron chi connectivity index (χ0n) is 18.9. The predicted molar refractivity (Wildman–Crippen MR) is 154 cm³/mol. The first-order chi connectivity index (χ1) is 17.2. The fraction of sp³-hybridized carbons (Fsp3) is 0.115. The molecule has 36 heavy (non-hydrogen) atoms. The summed E-state index contributed by atoms with van der Waals surface area (Å²) in [6.07, 6.45) is 2.62. The third-order valence-electron chi connectivity index (χ3n) is 5.21. The van der Waals surface area contributed by atoms with Crippen molar-refractivity contribution in [3.63, 3.8) is 0 Å². The van der Waals surface area contributed by atoms with Crippen molar-refractivity contribution in [2.45, 2.75) is 13.3 Å². The molecule has 0 saturated carbocycles. The van der Waals surface area contributed by atoms with Gasteiger partial charge in [0.05, 0.1) is 25.7 Å². The summed E-state index contributed by atoms with van der Waals surface area (Å²) in [6, 6.07) is 17.6. The van der Waals surface area contributed by atoms with Gasteiger partial charge in [-0.1, -0.05) is 83.9 Å². The van der Waals surface area contributed by atoms with Crippen LogP contribution in [0.15, 0.2) is 65.6 Å². The van der Waals surface area contributed by atoms with Gasteiger partial charge in [-0.15, -0.1) is 0 Å². The summed E-state index contributed by atoms with van der Waals surface area (Å²) in [5.74, 6) is -0.220. The maximum atomic E-state index is 13.0. The molecule has 4 rings (SSSR count). The van der Waals surface area contributed by atoms with Crippen molar-refractivity contribution < 1.29 is 14.3 Å². The summed E-state index contributed by atoms with van der Waals surface area (Å²) in [7, 11) is 0. The number of benzene rings is 3. The third kappa shape index (κ3) is 6.22. The number of hydrogen-bond donors (Lipinski definition) is 1. The quantitative estimate of drug-likeness (QED) is 0.231. The van der Waals surface area contributed by atoms with Gasteiger partial charge >= 0.3 is 0 Å². The smallest absolute Gasteiger partial charge is 0.270 e. The molecule has 0 radical (unpaired) electrons. The Kier molecular flexibility index (Phi) is 8.59. The molecule has 0 aromatic heterocycles. The summed E-state index contributed by atoms with van der Waals surface area (Å²) >= 11 is 25.0. The number of hydrogen-bond acceptors (Lipinski definition) is 5. The van der Waals surface area contributed by atoms with Gasteiger partial charge in [-0.25, -0.2) is 0 Å². The minimum absolute atomic E-state index is 0.198. The Hall–Kier alpha value is -2.55. The van der Waals surface area contributed by atoms with Crippen LogP contribution in [0.4, 0.5) is 11.4 Å². The Morgan fingerprint density at radius 2 is 1.78 bits per heavy atom. The first-order valence-corrected chi connectivity index (χ1v) is 13.1. The average Bonchev–Trinajstić information content (AvgIpc) is 3.13. The molecule has 1 aliphatic heterocycles. The van der Waals surface area contributed by atoms with Crippen LogP contribution in [0.5, 0.6) is 5.75 Å². The van der Waals surface area contributed by atoms with Crippen molar-refractivity contribution in [2.75, 3.05) is 16.8 Å². The van der Waals surface area contributed by atoms with Crippen molar-refractivity contribution in [1.29, 1.82) is 0 Å². The Balaban J connectivity index is 1.40. The van der Waals surface area contributed by atoms with Gasteiger partial charge in [-0.2, -0.15) is 0 Å². The largest absolute Gasteiger partial charge is 0.482 e. The summed E-state index contributed by atoms with van der Waals surface area (Å²) in [5, 5.41) is 3.82. The molecule has 1 saturated heterocycles. The molecule has 1 heterocycles. The zero-order chi connectivity index (χ0) is 25.8. The highest BCUT2D eigenvalue weighted by Gasteiger charge is 2.33. The van der Waals surface area contributed by atoms with Crippen LogP contribution in [-0.4, -0.2) is 22.7 Å². The molecular formula is C26H19Cl3N2O3S2. The second-order valence-corrected chi connectivity index (χ2v) is 10.6. The SMILES string of the molecule is CCc1ccc(NC(=O)COc2ccc(/C=C3\SC(=S)N(c4ccc(Cl)c(Cl)c4)C3=O)cc2Cl)cc1. The zero-order valence-corrected chi connectivity index (χ0v) is 22.8. The normalized spacial score (nSPS) is 14.4. The topological polar surface area (TPSA) is 58.6 Å². The van der Waals surface area contributed by atoms with Crippen molar-refractivity contribution in [3.05, 3.63) is 91.8 Å². The van der Waals surface area contributed by atoms with E-state index in [0.717, 1.165) is 6.42 Å². The summed E-state index contributed by atoms with van der Waals surface area (Å²) in [6.45, 7) is 1.87. The fourth-order valence-electron chi connectivity index (χ4n) is 3.35. The lowest BCUT2D eigenvalue weighted by Gasteiger charge is -2.15. The fourth-order valence-corrected chi connectivity index (χ4v) is 5.19. The summed E-state index contributed by atoms with van der Waals surface area (Å²) in [4.78, 5) is 27.1. The van der Waals surface area contributed by atoms with Gasteiger partial charge in [0.15, 0.2) is 10.9 Å². The minimum atomic E-state index is -0.301. The lowest BCUT2D eigenvalue weighted by atomic mass is 10.1. The molecule has 0 spiro atoms. The molecule has 1 fully saturated rings. The molecule has 0 aliphatic carbocycles. The molecular weight excluding hydrogens is 559 g/mol. The van der Waals surface area contributed by atoms with Crippen LogP contribution in [0, 0.1) is 0 Å². The molecule has 0 bridgehead atoms. The van der Waals surface area contributed by atoms with Crippen LogP contribution in [0.3, 0.4) is 0 Å². The number of halogens is 3. The number of carbonyl (C=O) groups is 2. The second-order valence-electron chi connectivity index (χ2n) is 7.69. The van der Waals surface area contributed by atoms with E-state index in [9.17, 15) is 9.59 Å². The number of aryl methyl sites for hydroxylation is 1. The third-order valence-corrected chi connectivity index (χ3v) is 7.55. The van der Waals surface area contributed by atoms with Crippen molar-refractivity contribution >= 4 is 92.4 Å². The van der Waals surface area contributed by atoms with Crippen molar-refractivity contribution in [2.24, 2.45) is 0 Å². The number of rotatable bonds is 7. The number of carbonyl (C=O) groups excluding carboxylic acids is 2. The summed E-state index contributed by atoms with van der Waals surface area (Å²) < 4.78 is 5.97. The number of nitrogens with zero attached hydrogens (tertiary/aromatic N) is 1. The van der Waals surface area contributed by atoms with E-state index < -0.39 is 0 Å². The van der Waals surface area contributed by atoms with Gasteiger partial charge in [-0.3, -0.25) is 14.5 Å². The first kappa shape index (κ1) is 26.5. The lowest BCUT2D eigenvalue weighted by molar-refractivity contribution is -0.118. The number of nitrogens with one attached hydrogen (secondary N) is 1. The van der Waals surface area contributed by atoms with E-state index in [-0.39, 0.29) is 18.4 Å². The highest BCUT2D eigenvalue weighted by Crippen LogP contribution is 2.38. The molecule has 184 valence electrons. The minimum Gasteiger partial charge on any atom is -0.482 e. The number of amides is 2. The number of ether oxygens (including phenoxy) is 1. The number of thiocarbonyl (C=S) groups is 1. The van der Waals surface area contributed by atoms with E-state index in [1.807, 2.05) is 24.3 Å². The van der Waals surface area contributed by atoms with Gasteiger partial charge in [0.25, 0.3) is 11.8 Å². The Morgan fingerprint density at radius 1 is 1.03 bits per heavy atom. The molecule has 0 unspecified atom stereocenters.